The van der Waals surface area contributed by atoms with Crippen LogP contribution in [0.4, 0.5) is 0 Å². The highest BCUT2D eigenvalue weighted by molar-refractivity contribution is 7.16. The fraction of sp³-hybridized carbons (Fsp3) is 0.444. The maximum Gasteiger partial charge on any atom is 0.263 e. The molecule has 0 amide bonds. The maximum absolute atomic E-state index is 5.72. The molecule has 5 rings (SSSR count). The summed E-state index contributed by atoms with van der Waals surface area (Å²) < 4.78 is 6.98. The molecule has 0 saturated heterocycles. The van der Waals surface area contributed by atoms with E-state index in [4.69, 9.17) is 4.42 Å². The van der Waals surface area contributed by atoms with E-state index in [9.17, 15) is 0 Å². The lowest BCUT2D eigenvalue weighted by atomic mass is 9.92. The minimum Gasteiger partial charge on any atom is -0.420 e. The average molecular weight is 478 g/mol. The van der Waals surface area contributed by atoms with E-state index in [0.29, 0.717) is 11.8 Å². The topological polar surface area (TPSA) is 67.1 Å². The van der Waals surface area contributed by atoms with Gasteiger partial charge in [-0.25, -0.2) is 4.98 Å². The predicted octanol–water partition coefficient (Wildman–Crippen LogP) is 6.70. The second-order valence-electron chi connectivity index (χ2n) is 9.22. The van der Waals surface area contributed by atoms with E-state index in [1.165, 1.54) is 34.4 Å². The molecule has 1 spiro atoms. The molecule has 1 aliphatic heterocycles. The van der Waals surface area contributed by atoms with Crippen molar-refractivity contribution in [3.63, 3.8) is 0 Å². The third-order valence-electron chi connectivity index (χ3n) is 6.47. The minimum absolute atomic E-state index is 0.259. The van der Waals surface area contributed by atoms with E-state index >= 15 is 0 Å². The quantitative estimate of drug-likeness (QED) is 0.426. The Morgan fingerprint density at radius 1 is 1.21 bits per heavy atom. The summed E-state index contributed by atoms with van der Waals surface area (Å²) in [6.45, 7) is 12.5. The summed E-state index contributed by atoms with van der Waals surface area (Å²) >= 11 is 1.68. The van der Waals surface area contributed by atoms with Crippen molar-refractivity contribution in [2.24, 2.45) is 5.41 Å². The number of para-hydroxylation sites is 1. The Hall–Kier alpha value is -2.93. The van der Waals surface area contributed by atoms with Crippen LogP contribution < -0.4 is 5.32 Å². The second kappa shape index (κ2) is 10.6. The van der Waals surface area contributed by atoms with Gasteiger partial charge in [0.15, 0.2) is 0 Å². The monoisotopic (exact) mass is 477 g/mol. The van der Waals surface area contributed by atoms with Crippen molar-refractivity contribution in [3.8, 4) is 0 Å². The molecule has 6 nitrogen and oxygen atoms in total. The summed E-state index contributed by atoms with van der Waals surface area (Å²) in [4.78, 5) is 6.55. The second-order valence-corrected chi connectivity index (χ2v) is 10.1. The Balaban J connectivity index is 0.000000252. The van der Waals surface area contributed by atoms with Gasteiger partial charge in [0.2, 0.25) is 5.89 Å². The van der Waals surface area contributed by atoms with Gasteiger partial charge in [-0.05, 0) is 63.4 Å². The molecule has 0 atom stereocenters. The normalized spacial score (nSPS) is 17.7. The van der Waals surface area contributed by atoms with Crippen LogP contribution in [0.2, 0.25) is 0 Å². The number of rotatable bonds is 6. The van der Waals surface area contributed by atoms with Crippen LogP contribution in [-0.4, -0.2) is 33.2 Å². The van der Waals surface area contributed by atoms with Gasteiger partial charge in [-0.3, -0.25) is 0 Å². The van der Waals surface area contributed by atoms with Crippen molar-refractivity contribution in [2.75, 3.05) is 13.1 Å². The third-order valence-corrected chi connectivity index (χ3v) is 7.28. The number of nitrogens with zero attached hydrogens (tertiary/aromatic N) is 4. The van der Waals surface area contributed by atoms with E-state index in [0.717, 1.165) is 37.1 Å². The van der Waals surface area contributed by atoms with E-state index in [-0.39, 0.29) is 5.41 Å². The highest BCUT2D eigenvalue weighted by Gasteiger charge is 2.50. The molecule has 1 N–H and O–H groups in total. The van der Waals surface area contributed by atoms with Gasteiger partial charge >= 0.3 is 0 Å². The van der Waals surface area contributed by atoms with Crippen molar-refractivity contribution >= 4 is 27.3 Å². The smallest absolute Gasteiger partial charge is 0.263 e. The Labute approximate surface area is 206 Å². The van der Waals surface area contributed by atoms with Crippen molar-refractivity contribution < 1.29 is 4.42 Å². The maximum atomic E-state index is 5.72. The SMILES string of the molecule is CC/C=C(\c1nnc(C)o1)N1CC(C)=C(NC=C(C)CC)C2(CC2)C1.c1ccc2scnc2c1. The average Bonchev–Trinajstić information content (AvgIpc) is 3.22. The highest BCUT2D eigenvalue weighted by Crippen LogP contribution is 2.55. The summed E-state index contributed by atoms with van der Waals surface area (Å²) in [5, 5.41) is 11.9. The standard InChI is InChI=1S/C20H30N4O.C7H5NS/c1-6-8-17(19-23-22-16(5)25-19)24-12-15(4)18(20(13-24)9-10-20)21-11-14(3)7-2;1-2-4-7-6(3-1)8-5-9-7/h8,11,21H,6-7,9-10,12-13H2,1-5H3;1-5H/b14-11?,17-8+;. The van der Waals surface area contributed by atoms with Crippen LogP contribution in [0.5, 0.6) is 0 Å². The molecule has 0 radical (unpaired) electrons. The zero-order valence-corrected chi connectivity index (χ0v) is 21.7. The molecule has 3 heterocycles. The van der Waals surface area contributed by atoms with Crippen LogP contribution in [-0.2, 0) is 0 Å². The number of fused-ring (bicyclic) bond motifs is 1. The lowest BCUT2D eigenvalue weighted by Gasteiger charge is -2.38. The largest absolute Gasteiger partial charge is 0.420 e. The number of allylic oxidation sites excluding steroid dienone is 2. The summed E-state index contributed by atoms with van der Waals surface area (Å²) in [6, 6.07) is 8.13. The first-order valence-electron chi connectivity index (χ1n) is 12.1. The molecule has 1 aliphatic carbocycles. The van der Waals surface area contributed by atoms with Crippen LogP contribution in [0.1, 0.15) is 65.2 Å². The first kappa shape index (κ1) is 24.2. The first-order chi connectivity index (χ1) is 16.5. The van der Waals surface area contributed by atoms with Gasteiger partial charge in [0.1, 0.15) is 0 Å². The summed E-state index contributed by atoms with van der Waals surface area (Å²) in [7, 11) is 0. The van der Waals surface area contributed by atoms with E-state index in [1.54, 1.807) is 11.3 Å². The van der Waals surface area contributed by atoms with Gasteiger partial charge in [-0.1, -0.05) is 37.6 Å². The van der Waals surface area contributed by atoms with Crippen molar-refractivity contribution in [1.29, 1.82) is 0 Å². The lowest BCUT2D eigenvalue weighted by molar-refractivity contribution is 0.309. The molecule has 1 fully saturated rings. The van der Waals surface area contributed by atoms with Crippen LogP contribution >= 0.6 is 11.3 Å². The summed E-state index contributed by atoms with van der Waals surface area (Å²) in [5.74, 6) is 1.26. The molecule has 2 aromatic heterocycles. The fourth-order valence-corrected chi connectivity index (χ4v) is 5.05. The minimum atomic E-state index is 0.259. The Morgan fingerprint density at radius 3 is 2.65 bits per heavy atom. The van der Waals surface area contributed by atoms with Crippen LogP contribution in [0, 0.1) is 12.3 Å². The molecule has 1 aromatic carbocycles. The number of aryl methyl sites for hydroxylation is 1. The van der Waals surface area contributed by atoms with E-state index < -0.39 is 0 Å². The zero-order valence-electron chi connectivity index (χ0n) is 20.9. The molecule has 2 aliphatic rings. The number of nitrogens with one attached hydrogen (secondary N) is 1. The van der Waals surface area contributed by atoms with Gasteiger partial charge in [0, 0.05) is 31.1 Å². The molecule has 3 aromatic rings. The van der Waals surface area contributed by atoms with E-state index in [2.05, 4.69) is 71.4 Å². The van der Waals surface area contributed by atoms with E-state index in [1.807, 2.05) is 30.6 Å². The molecule has 34 heavy (non-hydrogen) atoms. The fourth-order valence-electron chi connectivity index (χ4n) is 4.37. The van der Waals surface area contributed by atoms with Crippen molar-refractivity contribution in [1.82, 2.24) is 25.4 Å². The lowest BCUT2D eigenvalue weighted by Crippen LogP contribution is -2.40. The van der Waals surface area contributed by atoms with Crippen LogP contribution in [0.3, 0.4) is 0 Å². The number of thiazole rings is 1. The van der Waals surface area contributed by atoms with Crippen molar-refractivity contribution in [3.05, 3.63) is 70.7 Å². The molecule has 0 bridgehead atoms. The van der Waals surface area contributed by atoms with Gasteiger partial charge < -0.3 is 14.6 Å². The Bertz CT molecular complexity index is 1180. The van der Waals surface area contributed by atoms with Crippen molar-refractivity contribution in [2.45, 2.75) is 60.3 Å². The van der Waals surface area contributed by atoms with Gasteiger partial charge in [0.05, 0.1) is 21.4 Å². The predicted molar refractivity (Wildman–Crippen MR) is 140 cm³/mol. The molecule has 180 valence electrons. The van der Waals surface area contributed by atoms with Gasteiger partial charge in [-0.2, -0.15) is 0 Å². The highest BCUT2D eigenvalue weighted by atomic mass is 32.1. The number of hydrogen-bond donors (Lipinski definition) is 1. The number of aromatic nitrogens is 3. The van der Waals surface area contributed by atoms with Gasteiger partial charge in [0.25, 0.3) is 5.89 Å². The Kier molecular flexibility index (Phi) is 7.51. The number of hydrogen-bond acceptors (Lipinski definition) is 7. The first-order valence-corrected chi connectivity index (χ1v) is 13.0. The Morgan fingerprint density at radius 2 is 2.00 bits per heavy atom. The number of benzene rings is 1. The molecule has 7 heteroatoms. The van der Waals surface area contributed by atoms with Crippen LogP contribution in [0.25, 0.3) is 15.9 Å². The van der Waals surface area contributed by atoms with Gasteiger partial charge in [-0.15, -0.1) is 21.5 Å². The molecular formula is C27H35N5OS. The molecule has 0 unspecified atom stereocenters. The van der Waals surface area contributed by atoms with Crippen LogP contribution in [0.15, 0.2) is 63.3 Å². The molecular weight excluding hydrogens is 442 g/mol. The summed E-state index contributed by atoms with van der Waals surface area (Å²) in [5.41, 5.74) is 8.51. The zero-order chi connectivity index (χ0) is 24.1. The third kappa shape index (κ3) is 5.41. The summed E-state index contributed by atoms with van der Waals surface area (Å²) in [6.07, 6.45) is 8.90. The molecule has 1 saturated carbocycles.